The van der Waals surface area contributed by atoms with Gasteiger partial charge in [0.1, 0.15) is 0 Å². The van der Waals surface area contributed by atoms with Gasteiger partial charge < -0.3 is 10.0 Å². The average molecular weight is 444 g/mol. The first-order chi connectivity index (χ1) is 15.6. The third-order valence-electron chi connectivity index (χ3n) is 5.37. The van der Waals surface area contributed by atoms with Gasteiger partial charge in [-0.1, -0.05) is 84.4 Å². The Morgan fingerprint density at radius 2 is 1.31 bits per heavy atom. The largest absolute Gasteiger partial charge is 0.395 e. The van der Waals surface area contributed by atoms with E-state index < -0.39 is 5.92 Å². The third kappa shape index (κ3) is 4.57. The maximum absolute atomic E-state index is 13.6. The standard InChI is InChI=1S/C27H22ClNO3/c28-22-13-7-12-21(16-22)25-23(26(31)19-8-3-1-4-9-19)17-29(14-15-30)18-24(25)27(32)20-10-5-2-6-11-20/h1-13,16-18,25,30H,14-15H2. The molecular weight excluding hydrogens is 422 g/mol. The van der Waals surface area contributed by atoms with E-state index in [0.717, 1.165) is 5.56 Å². The fourth-order valence-electron chi connectivity index (χ4n) is 3.89. The highest BCUT2D eigenvalue weighted by atomic mass is 35.5. The number of Topliss-reactive ketones (excluding diaryl/α,β-unsaturated/α-hetero) is 2. The normalized spacial score (nSPS) is 14.0. The van der Waals surface area contributed by atoms with Crippen LogP contribution in [0, 0.1) is 0 Å². The number of rotatable bonds is 7. The van der Waals surface area contributed by atoms with Crippen LogP contribution in [-0.4, -0.2) is 34.7 Å². The molecule has 4 rings (SSSR count). The molecule has 0 amide bonds. The summed E-state index contributed by atoms with van der Waals surface area (Å²) >= 11 is 6.28. The number of β-amino-alcohol motifs (C(OH)–C–C–N with tert-alkyl or cyclic N) is 1. The lowest BCUT2D eigenvalue weighted by atomic mass is 9.78. The first kappa shape index (κ1) is 21.8. The fraction of sp³-hybridized carbons (Fsp3) is 0.111. The van der Waals surface area contributed by atoms with E-state index >= 15 is 0 Å². The Balaban J connectivity index is 1.87. The minimum Gasteiger partial charge on any atom is -0.395 e. The maximum atomic E-state index is 13.6. The van der Waals surface area contributed by atoms with Gasteiger partial charge in [0.15, 0.2) is 11.6 Å². The highest BCUT2D eigenvalue weighted by Crippen LogP contribution is 2.39. The second kappa shape index (κ2) is 9.77. The van der Waals surface area contributed by atoms with Crippen LogP contribution in [0.2, 0.25) is 5.02 Å². The molecule has 0 bridgehead atoms. The number of halogens is 1. The Kier molecular flexibility index (Phi) is 6.64. The molecule has 3 aromatic carbocycles. The van der Waals surface area contributed by atoms with Gasteiger partial charge in [0.2, 0.25) is 0 Å². The molecule has 0 radical (unpaired) electrons. The van der Waals surface area contributed by atoms with E-state index in [1.165, 1.54) is 0 Å². The third-order valence-corrected chi connectivity index (χ3v) is 5.60. The lowest BCUT2D eigenvalue weighted by molar-refractivity contribution is 0.101. The minimum absolute atomic E-state index is 0.117. The predicted octanol–water partition coefficient (Wildman–Crippen LogP) is 5.27. The van der Waals surface area contributed by atoms with E-state index in [9.17, 15) is 14.7 Å². The molecule has 0 fully saturated rings. The number of aliphatic hydroxyl groups is 1. The number of hydrogen-bond acceptors (Lipinski definition) is 4. The van der Waals surface area contributed by atoms with Crippen LogP contribution in [0.25, 0.3) is 0 Å². The highest BCUT2D eigenvalue weighted by Gasteiger charge is 2.34. The van der Waals surface area contributed by atoms with Gasteiger partial charge in [-0.05, 0) is 17.7 Å². The van der Waals surface area contributed by atoms with Crippen LogP contribution in [0.3, 0.4) is 0 Å². The quantitative estimate of drug-likeness (QED) is 0.506. The average Bonchev–Trinajstić information content (AvgIpc) is 2.84. The second-order valence-corrected chi connectivity index (χ2v) is 7.95. The van der Waals surface area contributed by atoms with Crippen LogP contribution in [-0.2, 0) is 0 Å². The van der Waals surface area contributed by atoms with Crippen molar-refractivity contribution in [3.63, 3.8) is 0 Å². The summed E-state index contributed by atoms with van der Waals surface area (Å²) in [6.07, 6.45) is 3.44. The summed E-state index contributed by atoms with van der Waals surface area (Å²) in [5, 5.41) is 10.1. The molecule has 0 saturated carbocycles. The van der Waals surface area contributed by atoms with Crippen molar-refractivity contribution in [2.75, 3.05) is 13.2 Å². The lowest BCUT2D eigenvalue weighted by Gasteiger charge is -2.31. The Bertz CT molecular complexity index is 1120. The molecule has 4 nitrogen and oxygen atoms in total. The number of nitrogens with zero attached hydrogens (tertiary/aromatic N) is 1. The molecule has 0 unspecified atom stereocenters. The summed E-state index contributed by atoms with van der Waals surface area (Å²) in [6, 6.07) is 25.2. The maximum Gasteiger partial charge on any atom is 0.191 e. The Morgan fingerprint density at radius 1 is 0.781 bits per heavy atom. The van der Waals surface area contributed by atoms with Crippen LogP contribution in [0.1, 0.15) is 32.2 Å². The summed E-state index contributed by atoms with van der Waals surface area (Å²) < 4.78 is 0. The SMILES string of the molecule is O=C(C1=CN(CCO)C=C(C(=O)c2ccccc2)C1c1cccc(Cl)c1)c1ccccc1. The van der Waals surface area contributed by atoms with Crippen LogP contribution >= 0.6 is 11.6 Å². The van der Waals surface area contributed by atoms with E-state index in [-0.39, 0.29) is 24.7 Å². The number of ketones is 2. The summed E-state index contributed by atoms with van der Waals surface area (Å²) in [6.45, 7) is 0.147. The number of hydrogen-bond donors (Lipinski definition) is 1. The van der Waals surface area contributed by atoms with E-state index in [0.29, 0.717) is 27.3 Å². The molecular formula is C27H22ClNO3. The van der Waals surface area contributed by atoms with Crippen molar-refractivity contribution >= 4 is 23.2 Å². The molecule has 3 aromatic rings. The smallest absolute Gasteiger partial charge is 0.191 e. The molecule has 0 aromatic heterocycles. The topological polar surface area (TPSA) is 57.6 Å². The van der Waals surface area contributed by atoms with Crippen molar-refractivity contribution in [2.45, 2.75) is 5.92 Å². The lowest BCUT2D eigenvalue weighted by Crippen LogP contribution is -2.29. The monoisotopic (exact) mass is 443 g/mol. The van der Waals surface area contributed by atoms with Crippen LogP contribution in [0.5, 0.6) is 0 Å². The van der Waals surface area contributed by atoms with Crippen LogP contribution in [0.15, 0.2) is 108 Å². The molecule has 0 aliphatic carbocycles. The molecule has 5 heteroatoms. The molecule has 0 atom stereocenters. The number of carbonyl (C=O) groups is 2. The van der Waals surface area contributed by atoms with Crippen LogP contribution in [0.4, 0.5) is 0 Å². The van der Waals surface area contributed by atoms with Gasteiger partial charge in [0.05, 0.1) is 6.61 Å². The number of allylic oxidation sites excluding steroid dienone is 2. The predicted molar refractivity (Wildman–Crippen MR) is 126 cm³/mol. The van der Waals surface area contributed by atoms with E-state index in [1.54, 1.807) is 53.7 Å². The number of carbonyl (C=O) groups excluding carboxylic acids is 2. The van der Waals surface area contributed by atoms with E-state index in [4.69, 9.17) is 11.6 Å². The number of aliphatic hydroxyl groups excluding tert-OH is 1. The fourth-order valence-corrected chi connectivity index (χ4v) is 4.09. The van der Waals surface area contributed by atoms with Gasteiger partial charge in [0.25, 0.3) is 0 Å². The first-order valence-electron chi connectivity index (χ1n) is 10.3. The minimum atomic E-state index is -0.593. The van der Waals surface area contributed by atoms with Gasteiger partial charge >= 0.3 is 0 Å². The van der Waals surface area contributed by atoms with E-state index in [2.05, 4.69) is 0 Å². The zero-order valence-electron chi connectivity index (χ0n) is 17.3. The molecule has 1 N–H and O–H groups in total. The first-order valence-corrected chi connectivity index (χ1v) is 10.7. The van der Waals surface area contributed by atoms with E-state index in [1.807, 2.05) is 48.5 Å². The summed E-state index contributed by atoms with van der Waals surface area (Å²) in [4.78, 5) is 28.9. The van der Waals surface area contributed by atoms with Gasteiger partial charge in [-0.15, -0.1) is 0 Å². The molecule has 1 heterocycles. The highest BCUT2D eigenvalue weighted by molar-refractivity contribution is 6.30. The second-order valence-electron chi connectivity index (χ2n) is 7.51. The van der Waals surface area contributed by atoms with Gasteiger partial charge in [-0.3, -0.25) is 9.59 Å². The molecule has 0 saturated heterocycles. The molecule has 1 aliphatic rings. The van der Waals surface area contributed by atoms with Crippen molar-refractivity contribution in [2.24, 2.45) is 0 Å². The summed E-state index contributed by atoms with van der Waals surface area (Å²) in [5.41, 5.74) is 2.72. The Hall–Kier alpha value is -3.47. The zero-order chi connectivity index (χ0) is 22.5. The van der Waals surface area contributed by atoms with Gasteiger partial charge in [-0.25, -0.2) is 0 Å². The van der Waals surface area contributed by atoms with Crippen molar-refractivity contribution in [3.8, 4) is 0 Å². The molecule has 32 heavy (non-hydrogen) atoms. The van der Waals surface area contributed by atoms with Crippen molar-refractivity contribution < 1.29 is 14.7 Å². The van der Waals surface area contributed by atoms with Gasteiger partial charge in [-0.2, -0.15) is 0 Å². The summed E-state index contributed by atoms with van der Waals surface area (Å²) in [5.74, 6) is -0.945. The summed E-state index contributed by atoms with van der Waals surface area (Å²) in [7, 11) is 0. The molecule has 0 spiro atoms. The zero-order valence-corrected chi connectivity index (χ0v) is 18.1. The van der Waals surface area contributed by atoms with Crippen molar-refractivity contribution in [1.29, 1.82) is 0 Å². The van der Waals surface area contributed by atoms with Crippen molar-refractivity contribution in [3.05, 3.63) is 130 Å². The molecule has 1 aliphatic heterocycles. The molecule has 160 valence electrons. The Labute approximate surface area is 192 Å². The number of benzene rings is 3. The van der Waals surface area contributed by atoms with Crippen molar-refractivity contribution in [1.82, 2.24) is 4.90 Å². The Morgan fingerprint density at radius 3 is 1.78 bits per heavy atom. The van der Waals surface area contributed by atoms with Gasteiger partial charge in [0, 0.05) is 52.2 Å². The van der Waals surface area contributed by atoms with Crippen LogP contribution < -0.4 is 0 Å².